The third kappa shape index (κ3) is 2.34. The number of rotatable bonds is 3. The second-order valence-electron chi connectivity index (χ2n) is 4.92. The van der Waals surface area contributed by atoms with Crippen LogP contribution in [0, 0.1) is 0 Å². The second kappa shape index (κ2) is 5.40. The number of carbonyl (C=O) groups excluding carboxylic acids is 1. The van der Waals surface area contributed by atoms with E-state index in [-0.39, 0.29) is 5.91 Å². The molecule has 1 fully saturated rings. The molecule has 3 N–H and O–H groups in total. The molecular formula is C14H21N3O. The number of hydrazine groups is 1. The molecule has 1 heterocycles. The first-order valence-corrected chi connectivity index (χ1v) is 6.56. The molecule has 1 saturated heterocycles. The van der Waals surface area contributed by atoms with E-state index < -0.39 is 0 Å². The predicted octanol–water partition coefficient (Wildman–Crippen LogP) is 2.38. The van der Waals surface area contributed by atoms with Gasteiger partial charge in [0.25, 0.3) is 5.91 Å². The van der Waals surface area contributed by atoms with Crippen LogP contribution in [0.3, 0.4) is 0 Å². The number of benzene rings is 1. The van der Waals surface area contributed by atoms with Crippen LogP contribution in [0.5, 0.6) is 0 Å². The lowest BCUT2D eigenvalue weighted by molar-refractivity contribution is 0.0676. The first kappa shape index (κ1) is 12.9. The maximum atomic E-state index is 12.5. The number of anilines is 1. The highest BCUT2D eigenvalue weighted by atomic mass is 16.2. The Morgan fingerprint density at radius 3 is 2.61 bits per heavy atom. The molecule has 4 nitrogen and oxygen atoms in total. The molecule has 2 rings (SSSR count). The molecule has 0 bridgehead atoms. The lowest BCUT2D eigenvalue weighted by Crippen LogP contribution is -2.39. The molecule has 1 aromatic carbocycles. The number of carbonyl (C=O) groups is 1. The summed E-state index contributed by atoms with van der Waals surface area (Å²) in [6, 6.07) is 8.04. The van der Waals surface area contributed by atoms with Gasteiger partial charge >= 0.3 is 0 Å². The smallest absolute Gasteiger partial charge is 0.254 e. The Hall–Kier alpha value is -1.55. The summed E-state index contributed by atoms with van der Waals surface area (Å²) in [5, 5.41) is 0. The van der Waals surface area contributed by atoms with Gasteiger partial charge in [0.15, 0.2) is 0 Å². The highest BCUT2D eigenvalue weighted by molar-refractivity contribution is 5.95. The van der Waals surface area contributed by atoms with Gasteiger partial charge in [0.2, 0.25) is 0 Å². The van der Waals surface area contributed by atoms with Gasteiger partial charge in [0.05, 0.1) is 0 Å². The first-order chi connectivity index (χ1) is 8.67. The number of nitrogen functional groups attached to an aromatic ring is 1. The molecule has 1 aliphatic rings. The Kier molecular flexibility index (Phi) is 3.87. The number of hydrogen-bond donors (Lipinski definition) is 2. The lowest BCUT2D eigenvalue weighted by atomic mass is 10.1. The summed E-state index contributed by atoms with van der Waals surface area (Å²) in [4.78, 5) is 14.5. The largest absolute Gasteiger partial charge is 0.333 e. The number of likely N-dealkylation sites (tertiary alicyclic amines) is 1. The van der Waals surface area contributed by atoms with Crippen molar-refractivity contribution in [2.75, 3.05) is 5.43 Å². The van der Waals surface area contributed by atoms with Crippen molar-refractivity contribution in [1.82, 2.24) is 4.90 Å². The normalized spacial score (nSPS) is 23.2. The highest BCUT2D eigenvalue weighted by Gasteiger charge is 2.33. The molecule has 98 valence electrons. The molecule has 1 aliphatic heterocycles. The number of nitrogens with zero attached hydrogens (tertiary/aromatic N) is 1. The summed E-state index contributed by atoms with van der Waals surface area (Å²) in [5.74, 6) is 5.45. The lowest BCUT2D eigenvalue weighted by Gasteiger charge is -2.28. The van der Waals surface area contributed by atoms with E-state index in [0.717, 1.165) is 30.5 Å². The van der Waals surface area contributed by atoms with Crippen LogP contribution < -0.4 is 11.3 Å². The van der Waals surface area contributed by atoms with E-state index >= 15 is 0 Å². The Balaban J connectivity index is 2.18. The Labute approximate surface area is 108 Å². The standard InChI is InChI=1S/C14H21N3O/c1-3-13-9-4-10(2)17(13)14(18)11-5-7-12(16-15)8-6-11/h5-8,10,13,16H,3-4,9,15H2,1-2H3. The van der Waals surface area contributed by atoms with Crippen LogP contribution in [0.25, 0.3) is 0 Å². The maximum absolute atomic E-state index is 12.5. The zero-order chi connectivity index (χ0) is 13.1. The second-order valence-corrected chi connectivity index (χ2v) is 4.92. The Morgan fingerprint density at radius 1 is 1.39 bits per heavy atom. The van der Waals surface area contributed by atoms with Crippen LogP contribution in [-0.2, 0) is 0 Å². The zero-order valence-corrected chi connectivity index (χ0v) is 11.0. The molecule has 0 aliphatic carbocycles. The van der Waals surface area contributed by atoms with Gasteiger partial charge in [-0.15, -0.1) is 0 Å². The molecule has 4 heteroatoms. The van der Waals surface area contributed by atoms with Crippen molar-refractivity contribution in [2.24, 2.45) is 5.84 Å². The van der Waals surface area contributed by atoms with Crippen molar-refractivity contribution < 1.29 is 4.79 Å². The topological polar surface area (TPSA) is 58.4 Å². The van der Waals surface area contributed by atoms with E-state index in [1.54, 1.807) is 0 Å². The van der Waals surface area contributed by atoms with Crippen molar-refractivity contribution in [1.29, 1.82) is 0 Å². The average Bonchev–Trinajstić information content (AvgIpc) is 2.79. The van der Waals surface area contributed by atoms with Crippen molar-refractivity contribution in [3.8, 4) is 0 Å². The molecule has 0 saturated carbocycles. The minimum Gasteiger partial charge on any atom is -0.333 e. The van der Waals surface area contributed by atoms with Gasteiger partial charge in [0.1, 0.15) is 0 Å². The number of amides is 1. The Morgan fingerprint density at radius 2 is 2.06 bits per heavy atom. The maximum Gasteiger partial charge on any atom is 0.254 e. The zero-order valence-electron chi connectivity index (χ0n) is 11.0. The van der Waals surface area contributed by atoms with E-state index in [4.69, 9.17) is 5.84 Å². The number of nitrogens with one attached hydrogen (secondary N) is 1. The summed E-state index contributed by atoms with van der Waals surface area (Å²) < 4.78 is 0. The summed E-state index contributed by atoms with van der Waals surface area (Å²) in [7, 11) is 0. The van der Waals surface area contributed by atoms with E-state index in [1.807, 2.05) is 29.2 Å². The van der Waals surface area contributed by atoms with Gasteiger partial charge in [-0.1, -0.05) is 6.92 Å². The van der Waals surface area contributed by atoms with Gasteiger partial charge in [-0.3, -0.25) is 10.6 Å². The van der Waals surface area contributed by atoms with Crippen LogP contribution in [0.1, 0.15) is 43.5 Å². The van der Waals surface area contributed by atoms with Gasteiger partial charge < -0.3 is 10.3 Å². The fourth-order valence-corrected chi connectivity index (χ4v) is 2.70. The van der Waals surface area contributed by atoms with Gasteiger partial charge in [-0.05, 0) is 50.5 Å². The van der Waals surface area contributed by atoms with Crippen molar-refractivity contribution in [3.63, 3.8) is 0 Å². The van der Waals surface area contributed by atoms with Crippen molar-refractivity contribution in [3.05, 3.63) is 29.8 Å². The molecule has 2 unspecified atom stereocenters. The van der Waals surface area contributed by atoms with Crippen LogP contribution >= 0.6 is 0 Å². The van der Waals surface area contributed by atoms with E-state index in [1.165, 1.54) is 0 Å². The summed E-state index contributed by atoms with van der Waals surface area (Å²) in [6.07, 6.45) is 3.25. The first-order valence-electron chi connectivity index (χ1n) is 6.56. The van der Waals surface area contributed by atoms with Crippen LogP contribution in [-0.4, -0.2) is 22.9 Å². The fourth-order valence-electron chi connectivity index (χ4n) is 2.70. The molecule has 0 spiro atoms. The molecule has 18 heavy (non-hydrogen) atoms. The summed E-state index contributed by atoms with van der Waals surface area (Å²) in [5.41, 5.74) is 4.12. The molecule has 0 radical (unpaired) electrons. The molecule has 1 amide bonds. The van der Waals surface area contributed by atoms with Crippen molar-refractivity contribution in [2.45, 2.75) is 45.2 Å². The third-order valence-corrected chi connectivity index (χ3v) is 3.79. The van der Waals surface area contributed by atoms with Gasteiger partial charge in [-0.25, -0.2) is 0 Å². The quantitative estimate of drug-likeness (QED) is 0.637. The number of hydrogen-bond acceptors (Lipinski definition) is 3. The van der Waals surface area contributed by atoms with Gasteiger partial charge in [-0.2, -0.15) is 0 Å². The van der Waals surface area contributed by atoms with E-state index in [9.17, 15) is 4.79 Å². The monoisotopic (exact) mass is 247 g/mol. The SMILES string of the molecule is CCC1CCC(C)N1C(=O)c1ccc(NN)cc1. The Bertz CT molecular complexity index is 416. The van der Waals surface area contributed by atoms with Crippen LogP contribution in [0.4, 0.5) is 5.69 Å². The average molecular weight is 247 g/mol. The highest BCUT2D eigenvalue weighted by Crippen LogP contribution is 2.28. The summed E-state index contributed by atoms with van der Waals surface area (Å²) >= 11 is 0. The third-order valence-electron chi connectivity index (χ3n) is 3.79. The predicted molar refractivity (Wildman–Crippen MR) is 73.2 cm³/mol. The fraction of sp³-hybridized carbons (Fsp3) is 0.500. The minimum absolute atomic E-state index is 0.135. The number of nitrogens with two attached hydrogens (primary N) is 1. The van der Waals surface area contributed by atoms with Crippen molar-refractivity contribution >= 4 is 11.6 Å². The molecular weight excluding hydrogens is 226 g/mol. The minimum atomic E-state index is 0.135. The summed E-state index contributed by atoms with van der Waals surface area (Å²) in [6.45, 7) is 4.27. The van der Waals surface area contributed by atoms with Crippen LogP contribution in [0.2, 0.25) is 0 Å². The van der Waals surface area contributed by atoms with Crippen LogP contribution in [0.15, 0.2) is 24.3 Å². The van der Waals surface area contributed by atoms with E-state index in [2.05, 4.69) is 19.3 Å². The molecule has 2 atom stereocenters. The van der Waals surface area contributed by atoms with Gasteiger partial charge in [0, 0.05) is 23.3 Å². The molecule has 0 aromatic heterocycles. The van der Waals surface area contributed by atoms with E-state index in [0.29, 0.717) is 12.1 Å². The molecule has 1 aromatic rings.